The number of hydrogen-bond donors (Lipinski definition) is 0. The summed E-state index contributed by atoms with van der Waals surface area (Å²) in [4.78, 5) is 0. The van der Waals surface area contributed by atoms with E-state index in [1.807, 2.05) is 31.4 Å². The Balaban J connectivity index is 2.22. The predicted molar refractivity (Wildman–Crippen MR) is 88.3 cm³/mol. The van der Waals surface area contributed by atoms with Crippen LogP contribution < -0.4 is 9.47 Å². The maximum Gasteiger partial charge on any atom is 0.211 e. The van der Waals surface area contributed by atoms with E-state index in [9.17, 15) is 0 Å². The van der Waals surface area contributed by atoms with Crippen molar-refractivity contribution < 1.29 is 9.47 Å². The van der Waals surface area contributed by atoms with Gasteiger partial charge in [0.05, 0.1) is 19.9 Å². The summed E-state index contributed by atoms with van der Waals surface area (Å²) in [6.07, 6.45) is 4.65. The van der Waals surface area contributed by atoms with Gasteiger partial charge in [0.1, 0.15) is 0 Å². The summed E-state index contributed by atoms with van der Waals surface area (Å²) < 4.78 is 12.7. The van der Waals surface area contributed by atoms with E-state index in [0.29, 0.717) is 12.4 Å². The lowest BCUT2D eigenvalue weighted by molar-refractivity contribution is 0.294. The molecule has 0 saturated heterocycles. The Morgan fingerprint density at radius 3 is 2.82 bits per heavy atom. The number of thioether (sulfide) groups is 1. The lowest BCUT2D eigenvalue weighted by atomic mass is 10.2. The van der Waals surface area contributed by atoms with E-state index in [1.54, 1.807) is 18.0 Å². The molecule has 0 spiro atoms. The van der Waals surface area contributed by atoms with Crippen LogP contribution in [-0.4, -0.2) is 41.1 Å². The number of benzene rings is 1. The molecule has 0 aliphatic carbocycles. The van der Waals surface area contributed by atoms with Gasteiger partial charge in [0.15, 0.2) is 17.3 Å². The number of aryl methyl sites for hydroxylation is 1. The molecule has 0 saturated carbocycles. The summed E-state index contributed by atoms with van der Waals surface area (Å²) in [6, 6.07) is 5.73. The van der Waals surface area contributed by atoms with Gasteiger partial charge in [0.25, 0.3) is 0 Å². The minimum atomic E-state index is 0.667. The highest BCUT2D eigenvalue weighted by Gasteiger charge is 2.07. The molecule has 0 atom stereocenters. The molecular weight excluding hydrogens is 300 g/mol. The summed E-state index contributed by atoms with van der Waals surface area (Å²) in [5, 5.41) is 13.2. The fourth-order valence-corrected chi connectivity index (χ4v) is 2.29. The Morgan fingerprint density at radius 1 is 1.32 bits per heavy atom. The Kier molecular flexibility index (Phi) is 5.83. The maximum absolute atomic E-state index is 5.64. The molecule has 0 N–H and O–H groups in total. The first-order valence-corrected chi connectivity index (χ1v) is 8.23. The Labute approximate surface area is 134 Å². The summed E-state index contributed by atoms with van der Waals surface area (Å²) in [6.45, 7) is 4.60. The highest BCUT2D eigenvalue weighted by Crippen LogP contribution is 2.27. The van der Waals surface area contributed by atoms with Crippen LogP contribution in [0.2, 0.25) is 0 Å². The smallest absolute Gasteiger partial charge is 0.211 e. The van der Waals surface area contributed by atoms with Gasteiger partial charge in [-0.2, -0.15) is 9.78 Å². The van der Waals surface area contributed by atoms with E-state index >= 15 is 0 Å². The van der Waals surface area contributed by atoms with Crippen molar-refractivity contribution >= 4 is 18.0 Å². The van der Waals surface area contributed by atoms with Crippen molar-refractivity contribution in [2.45, 2.75) is 25.4 Å². The van der Waals surface area contributed by atoms with Gasteiger partial charge in [0, 0.05) is 0 Å². The highest BCUT2D eigenvalue weighted by atomic mass is 32.2. The lowest BCUT2D eigenvalue weighted by Crippen LogP contribution is -1.99. The van der Waals surface area contributed by atoms with E-state index in [2.05, 4.69) is 22.2 Å². The second-order valence-corrected chi connectivity index (χ2v) is 5.32. The predicted octanol–water partition coefficient (Wildman–Crippen LogP) is 2.99. The van der Waals surface area contributed by atoms with Crippen LogP contribution in [0, 0.1) is 6.92 Å². The number of methoxy groups -OCH3 is 1. The van der Waals surface area contributed by atoms with Gasteiger partial charge >= 0.3 is 0 Å². The van der Waals surface area contributed by atoms with Crippen LogP contribution >= 0.6 is 11.8 Å². The number of rotatable bonds is 7. The molecule has 2 aromatic rings. The zero-order chi connectivity index (χ0) is 15.9. The molecule has 0 bridgehead atoms. The Hall–Kier alpha value is -2.02. The van der Waals surface area contributed by atoms with Crippen molar-refractivity contribution in [3.05, 3.63) is 29.6 Å². The molecule has 0 unspecified atom stereocenters. The number of aromatic nitrogens is 3. The van der Waals surface area contributed by atoms with Crippen molar-refractivity contribution in [1.82, 2.24) is 14.9 Å². The minimum absolute atomic E-state index is 0.667. The van der Waals surface area contributed by atoms with E-state index in [4.69, 9.17) is 9.47 Å². The number of ether oxygens (including phenoxy) is 2. The van der Waals surface area contributed by atoms with Crippen LogP contribution in [0.5, 0.6) is 11.5 Å². The molecule has 2 rings (SSSR count). The van der Waals surface area contributed by atoms with Gasteiger partial charge < -0.3 is 9.47 Å². The molecule has 118 valence electrons. The number of hydrogen-bond acceptors (Lipinski definition) is 6. The van der Waals surface area contributed by atoms with Crippen LogP contribution in [0.1, 0.15) is 24.7 Å². The first-order valence-electron chi connectivity index (χ1n) is 7.00. The van der Waals surface area contributed by atoms with Crippen LogP contribution in [0.4, 0.5) is 0 Å². The van der Waals surface area contributed by atoms with Gasteiger partial charge in [-0.15, -0.1) is 10.2 Å². The summed E-state index contributed by atoms with van der Waals surface area (Å²) in [5.74, 6) is 2.19. The van der Waals surface area contributed by atoms with Gasteiger partial charge in [0.2, 0.25) is 5.16 Å². The van der Waals surface area contributed by atoms with Gasteiger partial charge in [-0.3, -0.25) is 0 Å². The minimum Gasteiger partial charge on any atom is -0.493 e. The monoisotopic (exact) mass is 320 g/mol. The van der Waals surface area contributed by atoms with Crippen LogP contribution in [0.3, 0.4) is 0 Å². The molecule has 0 amide bonds. The van der Waals surface area contributed by atoms with Crippen molar-refractivity contribution in [2.24, 2.45) is 5.10 Å². The maximum atomic E-state index is 5.64. The summed E-state index contributed by atoms with van der Waals surface area (Å²) in [7, 11) is 1.63. The molecule has 0 fully saturated rings. The summed E-state index contributed by atoms with van der Waals surface area (Å²) in [5.41, 5.74) is 0.917. The summed E-state index contributed by atoms with van der Waals surface area (Å²) >= 11 is 1.50. The standard InChI is InChI=1S/C15H20N4O2S/c1-5-8-21-13-7-6-12(9-14(13)20-3)10-16-19-11(2)17-18-15(19)22-4/h6-7,9-10H,5,8H2,1-4H3/b16-10-. The topological polar surface area (TPSA) is 61.5 Å². The van der Waals surface area contributed by atoms with E-state index in [-0.39, 0.29) is 0 Å². The van der Waals surface area contributed by atoms with Crippen molar-refractivity contribution in [1.29, 1.82) is 0 Å². The zero-order valence-corrected chi connectivity index (χ0v) is 14.1. The lowest BCUT2D eigenvalue weighted by Gasteiger charge is -2.10. The quantitative estimate of drug-likeness (QED) is 0.580. The van der Waals surface area contributed by atoms with E-state index in [1.165, 1.54) is 11.8 Å². The first-order chi connectivity index (χ1) is 10.7. The van der Waals surface area contributed by atoms with Gasteiger partial charge in [-0.05, 0) is 43.4 Å². The first kappa shape index (κ1) is 16.4. The molecule has 0 aliphatic heterocycles. The molecular formula is C15H20N4O2S. The number of nitrogens with zero attached hydrogens (tertiary/aromatic N) is 4. The average Bonchev–Trinajstić information content (AvgIpc) is 2.91. The molecule has 6 nitrogen and oxygen atoms in total. The highest BCUT2D eigenvalue weighted by molar-refractivity contribution is 7.98. The zero-order valence-electron chi connectivity index (χ0n) is 13.2. The van der Waals surface area contributed by atoms with Crippen LogP contribution in [0.15, 0.2) is 28.5 Å². The van der Waals surface area contributed by atoms with Gasteiger partial charge in [-0.25, -0.2) is 0 Å². The molecule has 1 aromatic heterocycles. The third kappa shape index (κ3) is 3.79. The van der Waals surface area contributed by atoms with Crippen molar-refractivity contribution in [2.75, 3.05) is 20.0 Å². The Bertz CT molecular complexity index is 655. The van der Waals surface area contributed by atoms with E-state index in [0.717, 1.165) is 28.7 Å². The second-order valence-electron chi connectivity index (χ2n) is 4.55. The molecule has 1 aromatic carbocycles. The Morgan fingerprint density at radius 2 is 2.14 bits per heavy atom. The van der Waals surface area contributed by atoms with Gasteiger partial charge in [-0.1, -0.05) is 18.7 Å². The third-order valence-electron chi connectivity index (χ3n) is 2.92. The molecule has 7 heteroatoms. The van der Waals surface area contributed by atoms with Crippen molar-refractivity contribution in [3.63, 3.8) is 0 Å². The molecule has 1 heterocycles. The molecule has 0 radical (unpaired) electrons. The fourth-order valence-electron chi connectivity index (χ4n) is 1.82. The van der Waals surface area contributed by atoms with E-state index < -0.39 is 0 Å². The molecule has 0 aliphatic rings. The van der Waals surface area contributed by atoms with Crippen LogP contribution in [-0.2, 0) is 0 Å². The molecule has 22 heavy (non-hydrogen) atoms. The van der Waals surface area contributed by atoms with Crippen molar-refractivity contribution in [3.8, 4) is 11.5 Å². The fraction of sp³-hybridized carbons (Fsp3) is 0.400. The largest absolute Gasteiger partial charge is 0.493 e. The average molecular weight is 320 g/mol. The second kappa shape index (κ2) is 7.84. The third-order valence-corrected chi connectivity index (χ3v) is 3.54. The SMILES string of the molecule is CCCOc1ccc(/C=N\n2c(C)nnc2SC)cc1OC. The van der Waals surface area contributed by atoms with Crippen LogP contribution in [0.25, 0.3) is 0 Å². The normalized spacial score (nSPS) is 11.1.